The van der Waals surface area contributed by atoms with Gasteiger partial charge in [0.25, 0.3) is 5.56 Å². The number of Topliss-reactive ketones (excluding diaryl/α,β-unsaturated/α-hetero) is 1. The summed E-state index contributed by atoms with van der Waals surface area (Å²) in [6.07, 6.45) is 0.931. The number of hydrogen-bond donors (Lipinski definition) is 1. The number of rotatable bonds is 5. The number of nitrogens with zero attached hydrogens (tertiary/aromatic N) is 2. The van der Waals surface area contributed by atoms with Crippen LogP contribution in [0, 0.1) is 0 Å². The first kappa shape index (κ1) is 18.4. The van der Waals surface area contributed by atoms with E-state index in [0.717, 1.165) is 29.7 Å². The van der Waals surface area contributed by atoms with Crippen molar-refractivity contribution in [3.63, 3.8) is 0 Å². The highest BCUT2D eigenvalue weighted by molar-refractivity contribution is 7.99. The molecule has 0 bridgehead atoms. The summed E-state index contributed by atoms with van der Waals surface area (Å²) in [4.78, 5) is 33.9. The summed E-state index contributed by atoms with van der Waals surface area (Å²) < 4.78 is 1.71. The fraction of sp³-hybridized carbons (Fsp3) is 0.350. The van der Waals surface area contributed by atoms with Crippen molar-refractivity contribution in [1.29, 1.82) is 0 Å². The largest absolute Gasteiger partial charge is 0.333 e. The van der Waals surface area contributed by atoms with Gasteiger partial charge in [0.05, 0.1) is 29.6 Å². The highest BCUT2D eigenvalue weighted by Gasteiger charge is 2.25. The number of ketones is 1. The van der Waals surface area contributed by atoms with Crippen molar-refractivity contribution >= 4 is 39.1 Å². The number of carbonyl (C=O) groups is 1. The van der Waals surface area contributed by atoms with Crippen molar-refractivity contribution in [2.45, 2.75) is 31.6 Å². The zero-order chi connectivity index (χ0) is 19.0. The Kier molecular flexibility index (Phi) is 5.16. The molecule has 0 radical (unpaired) electrons. The predicted molar refractivity (Wildman–Crippen MR) is 110 cm³/mol. The predicted octanol–water partition coefficient (Wildman–Crippen LogP) is 2.02. The first-order valence-corrected chi connectivity index (χ1v) is 11.0. The van der Waals surface area contributed by atoms with E-state index in [1.54, 1.807) is 15.9 Å². The number of carbonyl (C=O) groups excluding carboxylic acids is 1. The summed E-state index contributed by atoms with van der Waals surface area (Å²) in [6, 6.07) is 9.25. The zero-order valence-corrected chi connectivity index (χ0v) is 17.1. The van der Waals surface area contributed by atoms with E-state index in [4.69, 9.17) is 4.98 Å². The second-order valence-corrected chi connectivity index (χ2v) is 8.87. The molecular formula is C20H22N3O2S2+. The number of thioether (sulfide) groups is 1. The standard InChI is InChI=1S/C20H21N3O2S2/c1-3-23-19(25)17-14-9-10-22(2)11-16(14)27-18(17)21-20(23)26-12-15(24)13-7-5-4-6-8-13/h4-8H,3,9-12H2,1-2H3/p+1. The molecule has 1 N–H and O–H groups in total. The Bertz CT molecular complexity index is 1060. The van der Waals surface area contributed by atoms with Gasteiger partial charge in [-0.05, 0) is 12.5 Å². The van der Waals surface area contributed by atoms with Gasteiger partial charge >= 0.3 is 0 Å². The molecule has 1 atom stereocenters. The maximum Gasteiger partial charge on any atom is 0.263 e. The van der Waals surface area contributed by atoms with Gasteiger partial charge in [-0.25, -0.2) is 4.98 Å². The van der Waals surface area contributed by atoms with Gasteiger partial charge in [-0.3, -0.25) is 14.2 Å². The third-order valence-electron chi connectivity index (χ3n) is 4.97. The van der Waals surface area contributed by atoms with E-state index in [2.05, 4.69) is 7.05 Å². The average molecular weight is 401 g/mol. The van der Waals surface area contributed by atoms with Crippen LogP contribution in [0.3, 0.4) is 0 Å². The van der Waals surface area contributed by atoms with Crippen LogP contribution in [-0.2, 0) is 19.5 Å². The summed E-state index contributed by atoms with van der Waals surface area (Å²) >= 11 is 2.99. The smallest absolute Gasteiger partial charge is 0.263 e. The zero-order valence-electron chi connectivity index (χ0n) is 15.4. The van der Waals surface area contributed by atoms with Gasteiger partial charge in [0.15, 0.2) is 10.9 Å². The van der Waals surface area contributed by atoms with Gasteiger partial charge in [-0.15, -0.1) is 11.3 Å². The van der Waals surface area contributed by atoms with Crippen molar-refractivity contribution in [2.75, 3.05) is 19.3 Å². The molecule has 2 aromatic heterocycles. The fourth-order valence-electron chi connectivity index (χ4n) is 3.50. The average Bonchev–Trinajstić information content (AvgIpc) is 3.04. The second kappa shape index (κ2) is 7.58. The fourth-order valence-corrected chi connectivity index (χ4v) is 5.83. The molecule has 140 valence electrons. The van der Waals surface area contributed by atoms with Gasteiger partial charge in [0.2, 0.25) is 0 Å². The first-order chi connectivity index (χ1) is 13.1. The molecule has 1 aliphatic rings. The summed E-state index contributed by atoms with van der Waals surface area (Å²) in [6.45, 7) is 4.51. The summed E-state index contributed by atoms with van der Waals surface area (Å²) in [5.41, 5.74) is 1.92. The maximum atomic E-state index is 13.1. The first-order valence-electron chi connectivity index (χ1n) is 9.16. The Labute approximate surface area is 166 Å². The minimum atomic E-state index is 0.0363. The molecule has 5 nitrogen and oxygen atoms in total. The third kappa shape index (κ3) is 3.47. The molecular weight excluding hydrogens is 378 g/mol. The molecule has 7 heteroatoms. The SMILES string of the molecule is CCn1c(SCC(=O)c2ccccc2)nc2sc3c(c2c1=O)CC[NH+](C)C3. The highest BCUT2D eigenvalue weighted by atomic mass is 32.2. The Morgan fingerprint density at radius 1 is 1.33 bits per heavy atom. The molecule has 1 aliphatic heterocycles. The Balaban J connectivity index is 1.69. The number of thiophene rings is 1. The van der Waals surface area contributed by atoms with Gasteiger partial charge in [-0.2, -0.15) is 0 Å². The molecule has 0 spiro atoms. The molecule has 1 unspecified atom stereocenters. The number of hydrogen-bond acceptors (Lipinski definition) is 5. The van der Waals surface area contributed by atoms with Crippen LogP contribution in [0.2, 0.25) is 0 Å². The Morgan fingerprint density at radius 3 is 2.85 bits per heavy atom. The van der Waals surface area contributed by atoms with Crippen LogP contribution in [-0.4, -0.2) is 34.7 Å². The number of benzene rings is 1. The normalized spacial score (nSPS) is 16.4. The van der Waals surface area contributed by atoms with Crippen LogP contribution in [0.25, 0.3) is 10.2 Å². The summed E-state index contributed by atoms with van der Waals surface area (Å²) in [5, 5.41) is 1.43. The molecule has 0 aliphatic carbocycles. The number of quaternary nitrogens is 1. The van der Waals surface area contributed by atoms with Crippen LogP contribution in [0.15, 0.2) is 40.3 Å². The summed E-state index contributed by atoms with van der Waals surface area (Å²) in [7, 11) is 2.18. The number of fused-ring (bicyclic) bond motifs is 3. The quantitative estimate of drug-likeness (QED) is 0.404. The van der Waals surface area contributed by atoms with Crippen LogP contribution in [0.4, 0.5) is 0 Å². The summed E-state index contributed by atoms with van der Waals surface area (Å²) in [5.74, 6) is 0.327. The van der Waals surface area contributed by atoms with E-state index < -0.39 is 0 Å². The monoisotopic (exact) mass is 400 g/mol. The minimum absolute atomic E-state index is 0.0363. The van der Waals surface area contributed by atoms with E-state index in [1.807, 2.05) is 37.3 Å². The van der Waals surface area contributed by atoms with E-state index >= 15 is 0 Å². The lowest BCUT2D eigenvalue weighted by molar-refractivity contribution is -0.895. The van der Waals surface area contributed by atoms with Gasteiger partial charge in [0, 0.05) is 18.5 Å². The molecule has 3 heterocycles. The van der Waals surface area contributed by atoms with Crippen LogP contribution in [0.1, 0.15) is 27.7 Å². The van der Waals surface area contributed by atoms with Crippen molar-refractivity contribution < 1.29 is 9.69 Å². The van der Waals surface area contributed by atoms with E-state index in [9.17, 15) is 9.59 Å². The van der Waals surface area contributed by atoms with Crippen LogP contribution in [0.5, 0.6) is 0 Å². The van der Waals surface area contributed by atoms with E-state index in [-0.39, 0.29) is 17.1 Å². The molecule has 27 heavy (non-hydrogen) atoms. The van der Waals surface area contributed by atoms with Crippen LogP contribution < -0.4 is 10.5 Å². The second-order valence-electron chi connectivity index (χ2n) is 6.84. The van der Waals surface area contributed by atoms with E-state index in [0.29, 0.717) is 17.3 Å². The lowest BCUT2D eigenvalue weighted by Crippen LogP contribution is -3.08. The lowest BCUT2D eigenvalue weighted by atomic mass is 10.1. The molecule has 3 aromatic rings. The maximum absolute atomic E-state index is 13.1. The minimum Gasteiger partial charge on any atom is -0.333 e. The molecule has 0 amide bonds. The van der Waals surface area contributed by atoms with Gasteiger partial charge in [-0.1, -0.05) is 42.1 Å². The third-order valence-corrected chi connectivity index (χ3v) is 7.07. The molecule has 0 saturated heterocycles. The van der Waals surface area contributed by atoms with Crippen molar-refractivity contribution in [2.24, 2.45) is 0 Å². The van der Waals surface area contributed by atoms with E-state index in [1.165, 1.54) is 27.1 Å². The van der Waals surface area contributed by atoms with Gasteiger partial charge < -0.3 is 4.90 Å². The Hall–Kier alpha value is -1.96. The highest BCUT2D eigenvalue weighted by Crippen LogP contribution is 2.30. The number of aromatic nitrogens is 2. The van der Waals surface area contributed by atoms with Crippen molar-refractivity contribution in [3.8, 4) is 0 Å². The molecule has 1 aromatic carbocycles. The Morgan fingerprint density at radius 2 is 2.11 bits per heavy atom. The van der Waals surface area contributed by atoms with Gasteiger partial charge in [0.1, 0.15) is 11.4 Å². The van der Waals surface area contributed by atoms with Crippen molar-refractivity contribution in [3.05, 3.63) is 56.7 Å². The molecule has 4 rings (SSSR count). The topological polar surface area (TPSA) is 56.4 Å². The molecule has 0 saturated carbocycles. The number of likely N-dealkylation sites (N-methyl/N-ethyl adjacent to an activating group) is 1. The van der Waals surface area contributed by atoms with Crippen LogP contribution >= 0.6 is 23.1 Å². The molecule has 0 fully saturated rings. The van der Waals surface area contributed by atoms with Crippen molar-refractivity contribution in [1.82, 2.24) is 9.55 Å². The number of nitrogens with one attached hydrogen (secondary N) is 1. The lowest BCUT2D eigenvalue weighted by Gasteiger charge is -2.19.